The predicted molar refractivity (Wildman–Crippen MR) is 90.2 cm³/mol. The maximum Gasteiger partial charge on any atom is 0.433 e. The molecule has 2 N–H and O–H groups in total. The van der Waals surface area contributed by atoms with Gasteiger partial charge in [-0.2, -0.15) is 26.3 Å². The van der Waals surface area contributed by atoms with Gasteiger partial charge in [-0.1, -0.05) is 18.6 Å². The summed E-state index contributed by atoms with van der Waals surface area (Å²) in [4.78, 5) is 3.73. The number of aliphatic hydroxyl groups excluding tert-OH is 1. The first kappa shape index (κ1) is 20.6. The van der Waals surface area contributed by atoms with E-state index in [9.17, 15) is 31.4 Å². The van der Waals surface area contributed by atoms with Gasteiger partial charge in [0.2, 0.25) is 0 Å². The van der Waals surface area contributed by atoms with Crippen LogP contribution in [0.25, 0.3) is 11.3 Å². The molecular weight excluding hydrogens is 386 g/mol. The first-order valence-electron chi connectivity index (χ1n) is 8.74. The molecule has 0 radical (unpaired) electrons. The lowest BCUT2D eigenvalue weighted by Gasteiger charge is -2.28. The van der Waals surface area contributed by atoms with Crippen LogP contribution in [-0.2, 0) is 19.0 Å². The molecule has 1 fully saturated rings. The van der Waals surface area contributed by atoms with Crippen molar-refractivity contribution >= 4 is 0 Å². The summed E-state index contributed by atoms with van der Waals surface area (Å²) in [6, 6.07) is 4.46. The lowest BCUT2D eigenvalue weighted by molar-refractivity contribution is -0.142. The molecule has 3 rings (SSSR count). The standard InChI is InChI=1S/C19H18F6N2O/c20-18(21,22)13-6-4-11(5-7-13)15-9-12(10-28)16(14-3-1-2-8-26-14)17(27-15)19(23,24)25/h4-7,9,14,26,28H,1-3,8,10H2. The van der Waals surface area contributed by atoms with Crippen LogP contribution in [0.2, 0.25) is 0 Å². The van der Waals surface area contributed by atoms with Crippen LogP contribution in [0.3, 0.4) is 0 Å². The maximum absolute atomic E-state index is 13.7. The van der Waals surface area contributed by atoms with Crippen LogP contribution in [0, 0.1) is 0 Å². The summed E-state index contributed by atoms with van der Waals surface area (Å²) in [7, 11) is 0. The molecule has 1 aliphatic heterocycles. The first-order chi connectivity index (χ1) is 13.1. The molecule has 1 unspecified atom stereocenters. The van der Waals surface area contributed by atoms with Crippen molar-refractivity contribution < 1.29 is 31.4 Å². The van der Waals surface area contributed by atoms with Crippen molar-refractivity contribution in [3.8, 4) is 11.3 Å². The van der Waals surface area contributed by atoms with E-state index in [2.05, 4.69) is 10.3 Å². The van der Waals surface area contributed by atoms with Gasteiger partial charge in [-0.3, -0.25) is 0 Å². The lowest BCUT2D eigenvalue weighted by Crippen LogP contribution is -2.30. The molecule has 152 valence electrons. The zero-order valence-electron chi connectivity index (χ0n) is 14.7. The van der Waals surface area contributed by atoms with E-state index in [1.165, 1.54) is 6.07 Å². The quantitative estimate of drug-likeness (QED) is 0.701. The predicted octanol–water partition coefficient (Wildman–Crippen LogP) is 5.09. The Bertz CT molecular complexity index is 824. The molecule has 9 heteroatoms. The Morgan fingerprint density at radius 2 is 1.68 bits per heavy atom. The molecule has 2 heterocycles. The number of aromatic nitrogens is 1. The van der Waals surface area contributed by atoms with E-state index in [1.807, 2.05) is 0 Å². The Labute approximate surface area is 157 Å². The fourth-order valence-corrected chi connectivity index (χ4v) is 3.42. The molecule has 0 bridgehead atoms. The van der Waals surface area contributed by atoms with Crippen molar-refractivity contribution in [3.63, 3.8) is 0 Å². The minimum atomic E-state index is -4.76. The van der Waals surface area contributed by atoms with Crippen molar-refractivity contribution in [2.45, 2.75) is 44.3 Å². The Hall–Kier alpha value is -2.13. The van der Waals surface area contributed by atoms with Gasteiger partial charge < -0.3 is 10.4 Å². The smallest absolute Gasteiger partial charge is 0.392 e. The van der Waals surface area contributed by atoms with Gasteiger partial charge in [-0.05, 0) is 43.1 Å². The SMILES string of the molecule is OCc1cc(-c2ccc(C(F)(F)F)cc2)nc(C(F)(F)F)c1C1CCCCN1. The number of alkyl halides is 6. The van der Waals surface area contributed by atoms with Crippen LogP contribution in [0.15, 0.2) is 30.3 Å². The molecule has 0 spiro atoms. The number of aliphatic hydroxyl groups is 1. The maximum atomic E-state index is 13.7. The van der Waals surface area contributed by atoms with E-state index >= 15 is 0 Å². The molecule has 3 nitrogen and oxygen atoms in total. The number of nitrogens with zero attached hydrogens (tertiary/aromatic N) is 1. The van der Waals surface area contributed by atoms with E-state index in [0.29, 0.717) is 13.0 Å². The number of rotatable bonds is 3. The number of nitrogens with one attached hydrogen (secondary N) is 1. The summed E-state index contributed by atoms with van der Waals surface area (Å²) in [6.07, 6.45) is -7.22. The van der Waals surface area contributed by atoms with Crippen molar-refractivity contribution in [3.05, 3.63) is 52.7 Å². The third-order valence-corrected chi connectivity index (χ3v) is 4.75. The van der Waals surface area contributed by atoms with Crippen LogP contribution in [0.1, 0.15) is 47.7 Å². The number of hydrogen-bond donors (Lipinski definition) is 2. The summed E-state index contributed by atoms with van der Waals surface area (Å²) in [5.74, 6) is 0. The summed E-state index contributed by atoms with van der Waals surface area (Å²) >= 11 is 0. The Balaban J connectivity index is 2.11. The van der Waals surface area contributed by atoms with E-state index in [1.54, 1.807) is 0 Å². The highest BCUT2D eigenvalue weighted by Gasteiger charge is 2.39. The number of halogens is 6. The molecule has 28 heavy (non-hydrogen) atoms. The van der Waals surface area contributed by atoms with Gasteiger partial charge in [0, 0.05) is 17.2 Å². The van der Waals surface area contributed by atoms with E-state index in [4.69, 9.17) is 0 Å². The number of benzene rings is 1. The van der Waals surface area contributed by atoms with Gasteiger partial charge in [-0.15, -0.1) is 0 Å². The molecule has 1 aliphatic rings. The largest absolute Gasteiger partial charge is 0.433 e. The highest BCUT2D eigenvalue weighted by Crippen LogP contribution is 2.39. The molecule has 2 aromatic rings. The van der Waals surface area contributed by atoms with Crippen molar-refractivity contribution in [2.75, 3.05) is 6.54 Å². The monoisotopic (exact) mass is 404 g/mol. The van der Waals surface area contributed by atoms with Crippen molar-refractivity contribution in [1.82, 2.24) is 10.3 Å². The van der Waals surface area contributed by atoms with Crippen LogP contribution in [0.5, 0.6) is 0 Å². The van der Waals surface area contributed by atoms with Gasteiger partial charge in [0.15, 0.2) is 0 Å². The molecule has 0 saturated carbocycles. The molecule has 1 atom stereocenters. The zero-order valence-corrected chi connectivity index (χ0v) is 14.7. The summed E-state index contributed by atoms with van der Waals surface area (Å²) in [5.41, 5.74) is -2.07. The molecule has 1 aromatic carbocycles. The highest BCUT2D eigenvalue weighted by atomic mass is 19.4. The third kappa shape index (κ3) is 4.30. The molecule has 1 aromatic heterocycles. The summed E-state index contributed by atoms with van der Waals surface area (Å²) in [5, 5.41) is 12.7. The van der Waals surface area contributed by atoms with Gasteiger partial charge in [0.1, 0.15) is 5.69 Å². The third-order valence-electron chi connectivity index (χ3n) is 4.75. The lowest BCUT2D eigenvalue weighted by atomic mass is 9.91. The molecule has 1 saturated heterocycles. The van der Waals surface area contributed by atoms with E-state index in [0.717, 1.165) is 37.1 Å². The topological polar surface area (TPSA) is 45.2 Å². The first-order valence-corrected chi connectivity index (χ1v) is 8.74. The highest BCUT2D eigenvalue weighted by molar-refractivity contribution is 5.62. The fourth-order valence-electron chi connectivity index (χ4n) is 3.42. The second-order valence-corrected chi connectivity index (χ2v) is 6.66. The second-order valence-electron chi connectivity index (χ2n) is 6.66. The average Bonchev–Trinajstić information content (AvgIpc) is 2.66. The Morgan fingerprint density at radius 3 is 2.18 bits per heavy atom. The van der Waals surface area contributed by atoms with Crippen LogP contribution in [0.4, 0.5) is 26.3 Å². The minimum Gasteiger partial charge on any atom is -0.392 e. The number of hydrogen-bond acceptors (Lipinski definition) is 3. The van der Waals surface area contributed by atoms with Crippen LogP contribution < -0.4 is 5.32 Å². The molecule has 0 amide bonds. The average molecular weight is 404 g/mol. The Morgan fingerprint density at radius 1 is 1.00 bits per heavy atom. The minimum absolute atomic E-state index is 0.0663. The van der Waals surface area contributed by atoms with Crippen LogP contribution >= 0.6 is 0 Å². The Kier molecular flexibility index (Phi) is 5.67. The zero-order chi connectivity index (χ0) is 20.5. The summed E-state index contributed by atoms with van der Waals surface area (Å²) < 4.78 is 79.3. The van der Waals surface area contributed by atoms with Crippen molar-refractivity contribution in [1.29, 1.82) is 0 Å². The van der Waals surface area contributed by atoms with Gasteiger partial charge in [0.25, 0.3) is 0 Å². The van der Waals surface area contributed by atoms with Gasteiger partial charge >= 0.3 is 12.4 Å². The van der Waals surface area contributed by atoms with Crippen molar-refractivity contribution in [2.24, 2.45) is 0 Å². The summed E-state index contributed by atoms with van der Waals surface area (Å²) in [6.45, 7) is -0.0692. The van der Waals surface area contributed by atoms with Gasteiger partial charge in [-0.25, -0.2) is 4.98 Å². The number of piperidine rings is 1. The normalized spacial score (nSPS) is 18.3. The number of pyridine rings is 1. The fraction of sp³-hybridized carbons (Fsp3) is 0.421. The van der Waals surface area contributed by atoms with E-state index in [-0.39, 0.29) is 22.4 Å². The van der Waals surface area contributed by atoms with Crippen LogP contribution in [-0.4, -0.2) is 16.6 Å². The van der Waals surface area contributed by atoms with Gasteiger partial charge in [0.05, 0.1) is 17.9 Å². The molecular formula is C19H18F6N2O. The molecule has 0 aliphatic carbocycles. The van der Waals surface area contributed by atoms with E-state index < -0.39 is 36.3 Å². The second kappa shape index (κ2) is 7.71.